The van der Waals surface area contributed by atoms with E-state index in [4.69, 9.17) is 4.42 Å². The first-order chi connectivity index (χ1) is 7.85. The Morgan fingerprint density at radius 1 is 1.50 bits per heavy atom. The van der Waals surface area contributed by atoms with Crippen LogP contribution in [0.5, 0.6) is 0 Å². The number of rotatable bonds is 7. The Morgan fingerprint density at radius 3 is 3.00 bits per heavy atom. The molecule has 2 nitrogen and oxygen atoms in total. The van der Waals surface area contributed by atoms with Crippen LogP contribution in [0, 0.1) is 5.41 Å². The van der Waals surface area contributed by atoms with E-state index in [0.29, 0.717) is 5.41 Å². The van der Waals surface area contributed by atoms with E-state index in [1.165, 1.54) is 32.2 Å². The van der Waals surface area contributed by atoms with Crippen molar-refractivity contribution in [1.82, 2.24) is 5.32 Å². The molecule has 16 heavy (non-hydrogen) atoms. The van der Waals surface area contributed by atoms with Crippen molar-refractivity contribution in [3.63, 3.8) is 0 Å². The van der Waals surface area contributed by atoms with Crippen LogP contribution < -0.4 is 5.32 Å². The molecule has 1 fully saturated rings. The van der Waals surface area contributed by atoms with E-state index >= 15 is 0 Å². The van der Waals surface area contributed by atoms with Gasteiger partial charge in [-0.2, -0.15) is 0 Å². The van der Waals surface area contributed by atoms with Crippen molar-refractivity contribution in [2.75, 3.05) is 13.1 Å². The van der Waals surface area contributed by atoms with Gasteiger partial charge in [0.15, 0.2) is 0 Å². The molecule has 0 aliphatic heterocycles. The third-order valence-corrected chi connectivity index (χ3v) is 3.32. The van der Waals surface area contributed by atoms with Gasteiger partial charge in [0, 0.05) is 13.1 Å². The van der Waals surface area contributed by atoms with E-state index < -0.39 is 0 Å². The summed E-state index contributed by atoms with van der Waals surface area (Å²) in [7, 11) is 0. The van der Waals surface area contributed by atoms with Crippen LogP contribution in [0.4, 0.5) is 0 Å². The fourth-order valence-corrected chi connectivity index (χ4v) is 2.20. The van der Waals surface area contributed by atoms with Gasteiger partial charge in [-0.3, -0.25) is 0 Å². The van der Waals surface area contributed by atoms with Gasteiger partial charge in [-0.05, 0) is 42.9 Å². The van der Waals surface area contributed by atoms with E-state index in [9.17, 15) is 0 Å². The fraction of sp³-hybridized carbons (Fsp3) is 0.571. The van der Waals surface area contributed by atoms with E-state index in [1.54, 1.807) is 6.26 Å². The summed E-state index contributed by atoms with van der Waals surface area (Å²) >= 11 is 0. The molecule has 1 aromatic heterocycles. The highest BCUT2D eigenvalue weighted by atomic mass is 16.3. The molecule has 1 aromatic rings. The first-order valence-corrected chi connectivity index (χ1v) is 6.25. The molecule has 1 aliphatic carbocycles. The SMILES string of the molecule is CCCC1(CNC/C=C/c2ccco2)CC1. The smallest absolute Gasteiger partial charge is 0.126 e. The molecule has 0 amide bonds. The third kappa shape index (κ3) is 3.24. The molecular weight excluding hydrogens is 198 g/mol. The summed E-state index contributed by atoms with van der Waals surface area (Å²) in [5.74, 6) is 0.927. The standard InChI is InChI=1S/C14H21NO/c1-2-7-14(8-9-14)12-15-10-3-5-13-6-4-11-16-13/h3-6,11,15H,2,7-10,12H2,1H3/b5-3+. The molecule has 0 spiro atoms. The zero-order valence-corrected chi connectivity index (χ0v) is 10.0. The molecular formula is C14H21NO. The molecule has 0 unspecified atom stereocenters. The minimum atomic E-state index is 0.646. The highest BCUT2D eigenvalue weighted by Gasteiger charge is 2.40. The zero-order chi connectivity index (χ0) is 11.3. The van der Waals surface area contributed by atoms with Crippen molar-refractivity contribution in [2.45, 2.75) is 32.6 Å². The van der Waals surface area contributed by atoms with Gasteiger partial charge in [0.1, 0.15) is 5.76 Å². The van der Waals surface area contributed by atoms with Crippen molar-refractivity contribution in [1.29, 1.82) is 0 Å². The Balaban J connectivity index is 1.62. The summed E-state index contributed by atoms with van der Waals surface area (Å²) in [5.41, 5.74) is 0.646. The van der Waals surface area contributed by atoms with Crippen LogP contribution in [0.2, 0.25) is 0 Å². The van der Waals surface area contributed by atoms with Gasteiger partial charge in [0.05, 0.1) is 6.26 Å². The number of hydrogen-bond acceptors (Lipinski definition) is 2. The molecule has 2 rings (SSSR count). The second-order valence-corrected chi connectivity index (χ2v) is 4.80. The van der Waals surface area contributed by atoms with Crippen LogP contribution in [-0.4, -0.2) is 13.1 Å². The van der Waals surface area contributed by atoms with E-state index in [0.717, 1.165) is 12.3 Å². The molecule has 1 saturated carbocycles. The van der Waals surface area contributed by atoms with Crippen LogP contribution >= 0.6 is 0 Å². The van der Waals surface area contributed by atoms with Crippen molar-refractivity contribution in [3.8, 4) is 0 Å². The molecule has 1 heterocycles. The lowest BCUT2D eigenvalue weighted by Crippen LogP contribution is -2.23. The highest BCUT2D eigenvalue weighted by molar-refractivity contribution is 5.42. The molecule has 0 atom stereocenters. The van der Waals surface area contributed by atoms with Gasteiger partial charge in [-0.25, -0.2) is 0 Å². The summed E-state index contributed by atoms with van der Waals surface area (Å²) < 4.78 is 5.22. The Bertz CT molecular complexity index is 323. The topological polar surface area (TPSA) is 25.2 Å². The quantitative estimate of drug-likeness (QED) is 0.710. The molecule has 0 saturated heterocycles. The molecule has 1 N–H and O–H groups in total. The lowest BCUT2D eigenvalue weighted by molar-refractivity contribution is 0.431. The van der Waals surface area contributed by atoms with E-state index in [-0.39, 0.29) is 0 Å². The van der Waals surface area contributed by atoms with Crippen molar-refractivity contribution in [3.05, 3.63) is 30.2 Å². The predicted molar refractivity (Wildman–Crippen MR) is 67.2 cm³/mol. The Hall–Kier alpha value is -1.02. The Morgan fingerprint density at radius 2 is 2.38 bits per heavy atom. The highest BCUT2D eigenvalue weighted by Crippen LogP contribution is 2.48. The first-order valence-electron chi connectivity index (χ1n) is 6.25. The van der Waals surface area contributed by atoms with E-state index in [2.05, 4.69) is 18.3 Å². The van der Waals surface area contributed by atoms with Crippen LogP contribution in [0.25, 0.3) is 6.08 Å². The summed E-state index contributed by atoms with van der Waals surface area (Å²) in [4.78, 5) is 0. The number of nitrogens with one attached hydrogen (secondary N) is 1. The molecule has 0 radical (unpaired) electrons. The first kappa shape index (κ1) is 11.5. The summed E-state index contributed by atoms with van der Waals surface area (Å²) in [6, 6.07) is 3.88. The number of furan rings is 1. The summed E-state index contributed by atoms with van der Waals surface area (Å²) in [5, 5.41) is 3.51. The zero-order valence-electron chi connectivity index (χ0n) is 10.0. The largest absolute Gasteiger partial charge is 0.465 e. The van der Waals surface area contributed by atoms with Gasteiger partial charge in [-0.1, -0.05) is 19.4 Å². The van der Waals surface area contributed by atoms with Crippen LogP contribution in [-0.2, 0) is 0 Å². The number of hydrogen-bond donors (Lipinski definition) is 1. The van der Waals surface area contributed by atoms with Gasteiger partial charge < -0.3 is 9.73 Å². The maximum Gasteiger partial charge on any atom is 0.126 e. The average molecular weight is 219 g/mol. The van der Waals surface area contributed by atoms with Crippen LogP contribution in [0.3, 0.4) is 0 Å². The summed E-state index contributed by atoms with van der Waals surface area (Å²) in [6.07, 6.45) is 11.4. The third-order valence-electron chi connectivity index (χ3n) is 3.32. The minimum absolute atomic E-state index is 0.646. The van der Waals surface area contributed by atoms with Crippen molar-refractivity contribution < 1.29 is 4.42 Å². The maximum atomic E-state index is 5.22. The van der Waals surface area contributed by atoms with E-state index in [1.807, 2.05) is 18.2 Å². The lowest BCUT2D eigenvalue weighted by atomic mass is 10.0. The van der Waals surface area contributed by atoms with Gasteiger partial charge >= 0.3 is 0 Å². The predicted octanol–water partition coefficient (Wildman–Crippen LogP) is 3.46. The minimum Gasteiger partial charge on any atom is -0.465 e. The second kappa shape index (κ2) is 5.35. The fourth-order valence-electron chi connectivity index (χ4n) is 2.20. The molecule has 2 heteroatoms. The van der Waals surface area contributed by atoms with Gasteiger partial charge in [0.2, 0.25) is 0 Å². The molecule has 0 bridgehead atoms. The van der Waals surface area contributed by atoms with Gasteiger partial charge in [-0.15, -0.1) is 0 Å². The van der Waals surface area contributed by atoms with Crippen molar-refractivity contribution in [2.24, 2.45) is 5.41 Å². The normalized spacial score (nSPS) is 18.1. The van der Waals surface area contributed by atoms with Crippen LogP contribution in [0.1, 0.15) is 38.4 Å². The monoisotopic (exact) mass is 219 g/mol. The Kier molecular flexibility index (Phi) is 3.83. The average Bonchev–Trinajstić information content (AvgIpc) is 2.85. The van der Waals surface area contributed by atoms with Gasteiger partial charge in [0.25, 0.3) is 0 Å². The molecule has 0 aromatic carbocycles. The molecule has 1 aliphatic rings. The van der Waals surface area contributed by atoms with Crippen LogP contribution in [0.15, 0.2) is 28.9 Å². The second-order valence-electron chi connectivity index (χ2n) is 4.80. The lowest BCUT2D eigenvalue weighted by Gasteiger charge is -2.13. The summed E-state index contributed by atoms with van der Waals surface area (Å²) in [6.45, 7) is 4.38. The Labute approximate surface area is 97.7 Å². The molecule has 88 valence electrons. The van der Waals surface area contributed by atoms with Crippen molar-refractivity contribution >= 4 is 6.08 Å². The maximum absolute atomic E-state index is 5.22.